The van der Waals surface area contributed by atoms with Gasteiger partial charge in [0.1, 0.15) is 0 Å². The van der Waals surface area contributed by atoms with Crippen LogP contribution in [0.3, 0.4) is 0 Å². The number of nitrogens with two attached hydrogens (primary N) is 1. The van der Waals surface area contributed by atoms with Crippen LogP contribution in [0.4, 0.5) is 0 Å². The predicted molar refractivity (Wildman–Crippen MR) is 72.3 cm³/mol. The summed E-state index contributed by atoms with van der Waals surface area (Å²) in [4.78, 5) is 11.5. The molecule has 1 rings (SSSR count). The van der Waals surface area contributed by atoms with Gasteiger partial charge in [-0.15, -0.1) is 0 Å². The first-order chi connectivity index (χ1) is 8.77. The summed E-state index contributed by atoms with van der Waals surface area (Å²) < 4.78 is 4.88. The van der Waals surface area contributed by atoms with Crippen molar-refractivity contribution in [2.75, 3.05) is 33.4 Å². The maximum atomic E-state index is 11.5. The summed E-state index contributed by atoms with van der Waals surface area (Å²) in [6.45, 7) is 2.64. The molecule has 0 aliphatic heterocycles. The third-order valence-electron chi connectivity index (χ3n) is 3.60. The largest absolute Gasteiger partial charge is 0.383 e. The molecule has 0 heterocycles. The fourth-order valence-corrected chi connectivity index (χ4v) is 2.51. The first kappa shape index (κ1) is 15.4. The highest BCUT2D eigenvalue weighted by molar-refractivity contribution is 5.76. The van der Waals surface area contributed by atoms with Gasteiger partial charge in [0.2, 0.25) is 5.91 Å². The average Bonchev–Trinajstić information content (AvgIpc) is 2.39. The van der Waals surface area contributed by atoms with Crippen molar-refractivity contribution < 1.29 is 9.53 Å². The number of carbonyl (C=O) groups is 1. The van der Waals surface area contributed by atoms with Gasteiger partial charge in [0, 0.05) is 32.7 Å². The fraction of sp³-hybridized carbons (Fsp3) is 0.923. The Morgan fingerprint density at radius 2 is 2.11 bits per heavy atom. The molecule has 0 aromatic rings. The van der Waals surface area contributed by atoms with E-state index in [9.17, 15) is 4.79 Å². The Bertz CT molecular complexity index is 236. The summed E-state index contributed by atoms with van der Waals surface area (Å²) in [5, 5.41) is 6.29. The highest BCUT2D eigenvalue weighted by Gasteiger charge is 2.23. The third kappa shape index (κ3) is 5.80. The van der Waals surface area contributed by atoms with E-state index < -0.39 is 0 Å². The molecule has 2 atom stereocenters. The molecule has 0 radical (unpaired) electrons. The molecule has 0 spiro atoms. The molecule has 1 aliphatic rings. The standard InChI is InChI=1S/C13H27N3O2/c1-18-9-8-16-13(17)6-7-15-12-5-3-2-4-11(12)10-14/h11-12,15H,2-10,14H2,1H3,(H,16,17). The van der Waals surface area contributed by atoms with Crippen LogP contribution in [-0.2, 0) is 9.53 Å². The van der Waals surface area contributed by atoms with E-state index in [-0.39, 0.29) is 5.91 Å². The summed E-state index contributed by atoms with van der Waals surface area (Å²) in [6, 6.07) is 0.496. The van der Waals surface area contributed by atoms with E-state index in [1.807, 2.05) is 0 Å². The van der Waals surface area contributed by atoms with Crippen molar-refractivity contribution in [1.29, 1.82) is 0 Å². The second kappa shape index (κ2) is 9.30. The third-order valence-corrected chi connectivity index (χ3v) is 3.60. The first-order valence-corrected chi connectivity index (χ1v) is 6.97. The Kier molecular flexibility index (Phi) is 7.96. The summed E-state index contributed by atoms with van der Waals surface area (Å²) in [7, 11) is 1.63. The second-order valence-electron chi connectivity index (χ2n) is 4.93. The van der Waals surface area contributed by atoms with Gasteiger partial charge in [-0.25, -0.2) is 0 Å². The van der Waals surface area contributed by atoms with Crippen LogP contribution >= 0.6 is 0 Å². The van der Waals surface area contributed by atoms with Crippen molar-refractivity contribution in [2.24, 2.45) is 11.7 Å². The van der Waals surface area contributed by atoms with Crippen LogP contribution in [0.2, 0.25) is 0 Å². The molecule has 5 heteroatoms. The lowest BCUT2D eigenvalue weighted by Gasteiger charge is -2.31. The van der Waals surface area contributed by atoms with Gasteiger partial charge in [-0.1, -0.05) is 12.8 Å². The molecule has 1 saturated carbocycles. The summed E-state index contributed by atoms with van der Waals surface area (Å²) in [6.07, 6.45) is 5.49. The van der Waals surface area contributed by atoms with Crippen LogP contribution in [0, 0.1) is 5.92 Å². The summed E-state index contributed by atoms with van der Waals surface area (Å²) >= 11 is 0. The Labute approximate surface area is 110 Å². The molecule has 106 valence electrons. The van der Waals surface area contributed by atoms with Crippen molar-refractivity contribution in [3.8, 4) is 0 Å². The van der Waals surface area contributed by atoms with Gasteiger partial charge in [0.05, 0.1) is 6.61 Å². The van der Waals surface area contributed by atoms with Crippen molar-refractivity contribution in [2.45, 2.75) is 38.1 Å². The molecule has 4 N–H and O–H groups in total. The SMILES string of the molecule is COCCNC(=O)CCNC1CCCCC1CN. The number of amides is 1. The monoisotopic (exact) mass is 257 g/mol. The van der Waals surface area contributed by atoms with Crippen molar-refractivity contribution in [3.63, 3.8) is 0 Å². The minimum absolute atomic E-state index is 0.0830. The lowest BCUT2D eigenvalue weighted by Crippen LogP contribution is -2.43. The number of nitrogens with one attached hydrogen (secondary N) is 2. The van der Waals surface area contributed by atoms with E-state index in [2.05, 4.69) is 10.6 Å². The highest BCUT2D eigenvalue weighted by atomic mass is 16.5. The Morgan fingerprint density at radius 1 is 1.33 bits per heavy atom. The molecule has 0 bridgehead atoms. The number of hydrogen-bond donors (Lipinski definition) is 3. The lowest BCUT2D eigenvalue weighted by molar-refractivity contribution is -0.121. The Hall–Kier alpha value is -0.650. The maximum absolute atomic E-state index is 11.5. The second-order valence-corrected chi connectivity index (χ2v) is 4.93. The molecule has 1 amide bonds. The van der Waals surface area contributed by atoms with Crippen LogP contribution in [0.1, 0.15) is 32.1 Å². The molecule has 0 aromatic heterocycles. The molecule has 0 aromatic carbocycles. The van der Waals surface area contributed by atoms with E-state index in [1.165, 1.54) is 25.7 Å². The molecule has 2 unspecified atom stereocenters. The maximum Gasteiger partial charge on any atom is 0.221 e. The van der Waals surface area contributed by atoms with Crippen LogP contribution in [0.5, 0.6) is 0 Å². The topological polar surface area (TPSA) is 76.4 Å². The number of methoxy groups -OCH3 is 1. The molecule has 18 heavy (non-hydrogen) atoms. The zero-order chi connectivity index (χ0) is 13.2. The molecule has 1 aliphatic carbocycles. The zero-order valence-corrected chi connectivity index (χ0v) is 11.4. The zero-order valence-electron chi connectivity index (χ0n) is 11.4. The Balaban J connectivity index is 2.10. The minimum atomic E-state index is 0.0830. The van der Waals surface area contributed by atoms with Crippen molar-refractivity contribution in [3.05, 3.63) is 0 Å². The van der Waals surface area contributed by atoms with Gasteiger partial charge in [0.15, 0.2) is 0 Å². The van der Waals surface area contributed by atoms with Gasteiger partial charge < -0.3 is 21.1 Å². The Morgan fingerprint density at radius 3 is 2.83 bits per heavy atom. The number of carbonyl (C=O) groups excluding carboxylic acids is 1. The van der Waals surface area contributed by atoms with Crippen LogP contribution < -0.4 is 16.4 Å². The molecular weight excluding hydrogens is 230 g/mol. The van der Waals surface area contributed by atoms with Crippen LogP contribution in [0.25, 0.3) is 0 Å². The van der Waals surface area contributed by atoms with Gasteiger partial charge in [-0.2, -0.15) is 0 Å². The van der Waals surface area contributed by atoms with Gasteiger partial charge >= 0.3 is 0 Å². The summed E-state index contributed by atoms with van der Waals surface area (Å²) in [5.41, 5.74) is 5.77. The summed E-state index contributed by atoms with van der Waals surface area (Å²) in [5.74, 6) is 0.662. The molecule has 1 fully saturated rings. The van der Waals surface area contributed by atoms with E-state index in [0.29, 0.717) is 31.5 Å². The quantitative estimate of drug-likeness (QED) is 0.545. The first-order valence-electron chi connectivity index (χ1n) is 6.97. The molecule has 5 nitrogen and oxygen atoms in total. The van der Waals surface area contributed by atoms with E-state index in [0.717, 1.165) is 13.1 Å². The molecule has 0 saturated heterocycles. The number of ether oxygens (including phenoxy) is 1. The van der Waals surface area contributed by atoms with Gasteiger partial charge in [0.25, 0.3) is 0 Å². The van der Waals surface area contributed by atoms with Crippen molar-refractivity contribution in [1.82, 2.24) is 10.6 Å². The van der Waals surface area contributed by atoms with E-state index >= 15 is 0 Å². The van der Waals surface area contributed by atoms with Crippen LogP contribution in [-0.4, -0.2) is 45.3 Å². The average molecular weight is 257 g/mol. The number of hydrogen-bond acceptors (Lipinski definition) is 4. The predicted octanol–water partition coefficient (Wildman–Crippen LogP) is 0.246. The van der Waals surface area contributed by atoms with Gasteiger partial charge in [-0.3, -0.25) is 4.79 Å². The van der Waals surface area contributed by atoms with Gasteiger partial charge in [-0.05, 0) is 25.3 Å². The normalized spacial score (nSPS) is 23.9. The van der Waals surface area contributed by atoms with E-state index in [1.54, 1.807) is 7.11 Å². The smallest absolute Gasteiger partial charge is 0.221 e. The van der Waals surface area contributed by atoms with E-state index in [4.69, 9.17) is 10.5 Å². The van der Waals surface area contributed by atoms with Crippen LogP contribution in [0.15, 0.2) is 0 Å². The fourth-order valence-electron chi connectivity index (χ4n) is 2.51. The molecular formula is C13H27N3O2. The van der Waals surface area contributed by atoms with Crippen molar-refractivity contribution >= 4 is 5.91 Å². The lowest BCUT2D eigenvalue weighted by atomic mass is 9.84. The number of rotatable bonds is 8. The highest BCUT2D eigenvalue weighted by Crippen LogP contribution is 2.23. The minimum Gasteiger partial charge on any atom is -0.383 e.